The van der Waals surface area contributed by atoms with Crippen molar-refractivity contribution in [2.45, 2.75) is 52.3 Å². The van der Waals surface area contributed by atoms with Gasteiger partial charge in [-0.2, -0.15) is 0 Å². The zero-order valence-corrected chi connectivity index (χ0v) is 14.2. The van der Waals surface area contributed by atoms with E-state index in [9.17, 15) is 9.18 Å². The Labute approximate surface area is 139 Å². The van der Waals surface area contributed by atoms with Crippen LogP contribution in [-0.4, -0.2) is 32.8 Å². The maximum atomic E-state index is 13.1. The molecule has 0 aliphatic carbocycles. The number of hydrogen-bond donors (Lipinski definition) is 0. The van der Waals surface area contributed by atoms with Crippen LogP contribution >= 0.6 is 0 Å². The van der Waals surface area contributed by atoms with E-state index in [0.717, 1.165) is 17.5 Å². The van der Waals surface area contributed by atoms with Gasteiger partial charge in [-0.15, -0.1) is 0 Å². The molecule has 0 fully saturated rings. The molecule has 1 atom stereocenters. The van der Waals surface area contributed by atoms with E-state index in [1.807, 2.05) is 27.7 Å². The first-order chi connectivity index (χ1) is 11.2. The highest BCUT2D eigenvalue weighted by Crippen LogP contribution is 2.32. The van der Waals surface area contributed by atoms with Crippen molar-refractivity contribution in [3.05, 3.63) is 35.4 Å². The lowest BCUT2D eigenvalue weighted by molar-refractivity contribution is 0.0138. The number of pyridine rings is 1. The summed E-state index contributed by atoms with van der Waals surface area (Å²) in [7, 11) is 0. The molecular formula is C17H20FN3O3. The topological polar surface area (TPSA) is 68.5 Å². The third-order valence-electron chi connectivity index (χ3n) is 3.81. The van der Waals surface area contributed by atoms with Crippen LogP contribution in [-0.2, 0) is 17.7 Å². The van der Waals surface area contributed by atoms with Crippen molar-refractivity contribution in [3.8, 4) is 11.5 Å². The minimum atomic E-state index is -0.562. The third kappa shape index (κ3) is 3.25. The van der Waals surface area contributed by atoms with Crippen molar-refractivity contribution < 1.29 is 18.4 Å². The maximum Gasteiger partial charge on any atom is 0.410 e. The maximum absolute atomic E-state index is 13.1. The van der Waals surface area contributed by atoms with Crippen LogP contribution in [0.4, 0.5) is 9.18 Å². The van der Waals surface area contributed by atoms with Crippen LogP contribution in [0.25, 0.3) is 11.5 Å². The fourth-order valence-electron chi connectivity index (χ4n) is 2.66. The summed E-state index contributed by atoms with van der Waals surface area (Å²) in [6.07, 6.45) is 1.32. The van der Waals surface area contributed by atoms with E-state index < -0.39 is 11.4 Å². The lowest BCUT2D eigenvalue weighted by Gasteiger charge is -2.34. The summed E-state index contributed by atoms with van der Waals surface area (Å²) in [6.45, 7) is 7.76. The Morgan fingerprint density at radius 2 is 2.17 bits per heavy atom. The standard InChI is InChI=1S/C17H20FN3O3/c1-10-7-14-12(9-21(10)16(22)23-17(2,3)4)15(24-20-14)13-6-5-11(18)8-19-13/h5-6,8,10H,7,9H2,1-4H3/t10-/m0/s1. The van der Waals surface area contributed by atoms with E-state index in [0.29, 0.717) is 24.4 Å². The average molecular weight is 333 g/mol. The van der Waals surface area contributed by atoms with Gasteiger partial charge in [0.1, 0.15) is 17.1 Å². The molecule has 0 spiro atoms. The monoisotopic (exact) mass is 333 g/mol. The SMILES string of the molecule is C[C@H]1Cc2noc(-c3ccc(F)cn3)c2CN1C(=O)OC(C)(C)C. The molecule has 24 heavy (non-hydrogen) atoms. The van der Waals surface area contributed by atoms with E-state index in [1.165, 1.54) is 12.1 Å². The highest BCUT2D eigenvalue weighted by atomic mass is 19.1. The first kappa shape index (κ1) is 16.4. The highest BCUT2D eigenvalue weighted by Gasteiger charge is 2.34. The number of halogens is 1. The van der Waals surface area contributed by atoms with Gasteiger partial charge < -0.3 is 14.2 Å². The Hall–Kier alpha value is -2.44. The average Bonchev–Trinajstić information content (AvgIpc) is 2.88. The number of rotatable bonds is 1. The Morgan fingerprint density at radius 3 is 2.79 bits per heavy atom. The van der Waals surface area contributed by atoms with Gasteiger partial charge in [0.2, 0.25) is 0 Å². The van der Waals surface area contributed by atoms with Gasteiger partial charge in [-0.05, 0) is 39.8 Å². The number of carbonyl (C=O) groups excluding carboxylic acids is 1. The Bertz CT molecular complexity index is 749. The first-order valence-corrected chi connectivity index (χ1v) is 7.83. The minimum Gasteiger partial charge on any atom is -0.444 e. The zero-order chi connectivity index (χ0) is 17.5. The summed E-state index contributed by atoms with van der Waals surface area (Å²) in [6, 6.07) is 2.80. The fraction of sp³-hybridized carbons (Fsp3) is 0.471. The summed E-state index contributed by atoms with van der Waals surface area (Å²) < 4.78 is 23.9. The molecule has 2 aromatic rings. The Morgan fingerprint density at radius 1 is 1.42 bits per heavy atom. The first-order valence-electron chi connectivity index (χ1n) is 7.83. The van der Waals surface area contributed by atoms with Crippen molar-refractivity contribution in [3.63, 3.8) is 0 Å². The minimum absolute atomic E-state index is 0.0496. The molecule has 0 radical (unpaired) electrons. The van der Waals surface area contributed by atoms with Crippen molar-refractivity contribution in [2.24, 2.45) is 0 Å². The van der Waals surface area contributed by atoms with Crippen LogP contribution < -0.4 is 0 Å². The van der Waals surface area contributed by atoms with Crippen molar-refractivity contribution >= 4 is 6.09 Å². The molecule has 0 unspecified atom stereocenters. The van der Waals surface area contributed by atoms with Crippen molar-refractivity contribution in [1.29, 1.82) is 0 Å². The summed E-state index contributed by atoms with van der Waals surface area (Å²) in [5, 5.41) is 4.09. The number of ether oxygens (including phenoxy) is 1. The molecule has 128 valence electrons. The van der Waals surface area contributed by atoms with Gasteiger partial charge >= 0.3 is 6.09 Å². The van der Waals surface area contributed by atoms with Gasteiger partial charge in [0, 0.05) is 18.0 Å². The second-order valence-electron chi connectivity index (χ2n) is 6.96. The van der Waals surface area contributed by atoms with Gasteiger partial charge in [-0.1, -0.05) is 5.16 Å². The number of hydrogen-bond acceptors (Lipinski definition) is 5. The largest absolute Gasteiger partial charge is 0.444 e. The Kier molecular flexibility index (Phi) is 4.03. The van der Waals surface area contributed by atoms with E-state index in [-0.39, 0.29) is 12.1 Å². The molecule has 2 aromatic heterocycles. The number of nitrogens with zero attached hydrogens (tertiary/aromatic N) is 3. The molecule has 1 aliphatic rings. The van der Waals surface area contributed by atoms with Gasteiger partial charge in [0.05, 0.1) is 18.4 Å². The van der Waals surface area contributed by atoms with E-state index in [1.54, 1.807) is 4.90 Å². The second kappa shape index (κ2) is 5.89. The zero-order valence-electron chi connectivity index (χ0n) is 14.2. The van der Waals surface area contributed by atoms with Crippen LogP contribution in [0, 0.1) is 5.82 Å². The third-order valence-corrected chi connectivity index (χ3v) is 3.81. The summed E-state index contributed by atoms with van der Waals surface area (Å²) in [5.74, 6) is 0.0431. The fourth-order valence-corrected chi connectivity index (χ4v) is 2.66. The molecule has 3 rings (SSSR count). The van der Waals surface area contributed by atoms with E-state index >= 15 is 0 Å². The number of aromatic nitrogens is 2. The molecule has 0 N–H and O–H groups in total. The number of amides is 1. The molecule has 0 saturated heterocycles. The van der Waals surface area contributed by atoms with E-state index in [2.05, 4.69) is 10.1 Å². The van der Waals surface area contributed by atoms with E-state index in [4.69, 9.17) is 9.26 Å². The molecule has 3 heterocycles. The summed E-state index contributed by atoms with van der Waals surface area (Å²) in [5.41, 5.74) is 1.51. The molecule has 1 aliphatic heterocycles. The van der Waals surface area contributed by atoms with Gasteiger partial charge in [0.15, 0.2) is 5.76 Å². The van der Waals surface area contributed by atoms with Crippen molar-refractivity contribution in [2.75, 3.05) is 0 Å². The molecule has 0 saturated carbocycles. The highest BCUT2D eigenvalue weighted by molar-refractivity contribution is 5.70. The summed E-state index contributed by atoms with van der Waals surface area (Å²) >= 11 is 0. The normalized spacial score (nSPS) is 17.5. The van der Waals surface area contributed by atoms with Gasteiger partial charge in [-0.3, -0.25) is 0 Å². The predicted molar refractivity (Wildman–Crippen MR) is 84.6 cm³/mol. The van der Waals surface area contributed by atoms with Crippen LogP contribution in [0.5, 0.6) is 0 Å². The lowest BCUT2D eigenvalue weighted by Crippen LogP contribution is -2.45. The van der Waals surface area contributed by atoms with Crippen LogP contribution in [0.3, 0.4) is 0 Å². The second-order valence-corrected chi connectivity index (χ2v) is 6.96. The van der Waals surface area contributed by atoms with Crippen LogP contribution in [0.1, 0.15) is 39.0 Å². The summed E-state index contributed by atoms with van der Waals surface area (Å²) in [4.78, 5) is 18.1. The Balaban J connectivity index is 1.89. The van der Waals surface area contributed by atoms with Crippen LogP contribution in [0.15, 0.2) is 22.9 Å². The molecule has 6 nitrogen and oxygen atoms in total. The van der Waals surface area contributed by atoms with Gasteiger partial charge in [0.25, 0.3) is 0 Å². The number of carbonyl (C=O) groups is 1. The molecule has 0 bridgehead atoms. The quantitative estimate of drug-likeness (QED) is 0.798. The van der Waals surface area contributed by atoms with Crippen LogP contribution in [0.2, 0.25) is 0 Å². The molecule has 7 heteroatoms. The smallest absolute Gasteiger partial charge is 0.410 e. The predicted octanol–water partition coefficient (Wildman–Crippen LogP) is 3.56. The molecular weight excluding hydrogens is 313 g/mol. The molecule has 0 aromatic carbocycles. The molecule has 1 amide bonds. The number of fused-ring (bicyclic) bond motifs is 1. The lowest BCUT2D eigenvalue weighted by atomic mass is 9.99. The van der Waals surface area contributed by atoms with Gasteiger partial charge in [-0.25, -0.2) is 14.2 Å². The van der Waals surface area contributed by atoms with Crippen molar-refractivity contribution in [1.82, 2.24) is 15.0 Å².